The molecule has 0 saturated carbocycles. The normalized spacial score (nSPS) is 14.9. The van der Waals surface area contributed by atoms with Gasteiger partial charge in [-0.15, -0.1) is 0 Å². The van der Waals surface area contributed by atoms with E-state index in [1.54, 1.807) is 0 Å². The first-order valence-corrected chi connectivity index (χ1v) is 6.06. The summed E-state index contributed by atoms with van der Waals surface area (Å²) in [6, 6.07) is 0. The standard InChI is InChI=1S/C7H11O9P/c8-5(9)1-3(6(10)11)4(7(12)13)2-17(14,15)16/h3-4H,1-2H2,(H,8,9)(H,10,11)(H,12,13)(H2,14,15,16). The summed E-state index contributed by atoms with van der Waals surface area (Å²) in [5, 5.41) is 25.7. The van der Waals surface area contributed by atoms with Crippen molar-refractivity contribution in [3.8, 4) is 0 Å². The van der Waals surface area contributed by atoms with E-state index in [2.05, 4.69) is 0 Å². The average molecular weight is 270 g/mol. The summed E-state index contributed by atoms with van der Waals surface area (Å²) < 4.78 is 10.6. The smallest absolute Gasteiger partial charge is 0.326 e. The van der Waals surface area contributed by atoms with Gasteiger partial charge in [-0.05, 0) is 0 Å². The van der Waals surface area contributed by atoms with E-state index in [-0.39, 0.29) is 0 Å². The van der Waals surface area contributed by atoms with Crippen LogP contribution in [0.4, 0.5) is 0 Å². The zero-order valence-corrected chi connectivity index (χ0v) is 9.28. The molecule has 2 unspecified atom stereocenters. The average Bonchev–Trinajstić information content (AvgIpc) is 2.08. The largest absolute Gasteiger partial charge is 0.481 e. The zero-order valence-electron chi connectivity index (χ0n) is 8.39. The van der Waals surface area contributed by atoms with Gasteiger partial charge < -0.3 is 25.1 Å². The number of rotatable bonds is 7. The number of carbonyl (C=O) groups is 3. The van der Waals surface area contributed by atoms with Crippen LogP contribution in [0.1, 0.15) is 6.42 Å². The molecule has 0 aliphatic carbocycles. The van der Waals surface area contributed by atoms with Crippen LogP contribution in [0.5, 0.6) is 0 Å². The summed E-state index contributed by atoms with van der Waals surface area (Å²) in [5.74, 6) is -8.90. The molecular weight excluding hydrogens is 259 g/mol. The van der Waals surface area contributed by atoms with Gasteiger partial charge in [0.25, 0.3) is 0 Å². The van der Waals surface area contributed by atoms with Crippen LogP contribution in [0, 0.1) is 11.8 Å². The molecule has 17 heavy (non-hydrogen) atoms. The summed E-state index contributed by atoms with van der Waals surface area (Å²) in [7, 11) is -4.75. The van der Waals surface area contributed by atoms with Gasteiger partial charge in [0.05, 0.1) is 24.4 Å². The molecule has 0 spiro atoms. The Balaban J connectivity index is 5.10. The molecule has 0 bridgehead atoms. The molecule has 2 atom stereocenters. The van der Waals surface area contributed by atoms with Crippen LogP contribution >= 0.6 is 7.60 Å². The summed E-state index contributed by atoms with van der Waals surface area (Å²) in [5.41, 5.74) is 0. The minimum absolute atomic E-state index is 1.02. The van der Waals surface area contributed by atoms with Crippen LogP contribution in [0.3, 0.4) is 0 Å². The second-order valence-corrected chi connectivity index (χ2v) is 5.03. The molecule has 98 valence electrons. The number of hydrogen-bond donors (Lipinski definition) is 5. The van der Waals surface area contributed by atoms with Crippen LogP contribution in [0.2, 0.25) is 0 Å². The van der Waals surface area contributed by atoms with Gasteiger partial charge in [0.1, 0.15) is 0 Å². The second kappa shape index (κ2) is 5.76. The lowest BCUT2D eigenvalue weighted by Crippen LogP contribution is -2.34. The van der Waals surface area contributed by atoms with E-state index >= 15 is 0 Å². The fourth-order valence-corrected chi connectivity index (χ4v) is 2.15. The highest BCUT2D eigenvalue weighted by Gasteiger charge is 2.39. The molecule has 0 fully saturated rings. The highest BCUT2D eigenvalue weighted by Crippen LogP contribution is 2.39. The van der Waals surface area contributed by atoms with Gasteiger partial charge in [0.2, 0.25) is 0 Å². The summed E-state index contributed by atoms with van der Waals surface area (Å²) in [4.78, 5) is 49.0. The molecule has 0 aliphatic heterocycles. The van der Waals surface area contributed by atoms with Crippen LogP contribution in [0.15, 0.2) is 0 Å². The topological polar surface area (TPSA) is 169 Å². The van der Waals surface area contributed by atoms with Gasteiger partial charge in [0, 0.05) is 0 Å². The van der Waals surface area contributed by atoms with Gasteiger partial charge in [-0.2, -0.15) is 0 Å². The minimum Gasteiger partial charge on any atom is -0.481 e. The molecular formula is C7H11O9P. The zero-order chi connectivity index (χ0) is 13.8. The molecule has 0 radical (unpaired) electrons. The number of carboxylic acids is 3. The molecule has 0 amide bonds. The molecule has 0 saturated heterocycles. The fourth-order valence-electron chi connectivity index (χ4n) is 1.22. The van der Waals surface area contributed by atoms with Crippen molar-refractivity contribution in [1.29, 1.82) is 0 Å². The van der Waals surface area contributed by atoms with E-state index in [1.165, 1.54) is 0 Å². The van der Waals surface area contributed by atoms with Gasteiger partial charge in [-0.25, -0.2) is 0 Å². The van der Waals surface area contributed by atoms with Gasteiger partial charge in [-0.3, -0.25) is 18.9 Å². The Bertz CT molecular complexity index is 370. The van der Waals surface area contributed by atoms with E-state index in [0.717, 1.165) is 0 Å². The lowest BCUT2D eigenvalue weighted by Gasteiger charge is -2.19. The molecule has 0 heterocycles. The van der Waals surface area contributed by atoms with Crippen molar-refractivity contribution in [2.45, 2.75) is 6.42 Å². The van der Waals surface area contributed by atoms with E-state index in [9.17, 15) is 18.9 Å². The Morgan fingerprint density at radius 2 is 1.35 bits per heavy atom. The van der Waals surface area contributed by atoms with Gasteiger partial charge >= 0.3 is 25.5 Å². The van der Waals surface area contributed by atoms with Crippen LogP contribution in [-0.4, -0.2) is 49.2 Å². The predicted molar refractivity (Wildman–Crippen MR) is 51.4 cm³/mol. The second-order valence-electron chi connectivity index (χ2n) is 3.33. The van der Waals surface area contributed by atoms with Crippen molar-refractivity contribution in [2.75, 3.05) is 6.16 Å². The Morgan fingerprint density at radius 3 is 1.59 bits per heavy atom. The minimum atomic E-state index is -4.75. The van der Waals surface area contributed by atoms with Crippen molar-refractivity contribution >= 4 is 25.5 Å². The predicted octanol–water partition coefficient (Wildman–Crippen LogP) is -0.960. The Kier molecular flexibility index (Phi) is 5.27. The molecule has 0 aliphatic rings. The molecule has 0 aromatic carbocycles. The Hall–Kier alpha value is -1.44. The molecule has 5 N–H and O–H groups in total. The van der Waals surface area contributed by atoms with Crippen molar-refractivity contribution < 1.29 is 44.1 Å². The third-order valence-electron chi connectivity index (χ3n) is 1.95. The van der Waals surface area contributed by atoms with Crippen LogP contribution in [-0.2, 0) is 18.9 Å². The molecule has 0 aromatic heterocycles. The third kappa shape index (κ3) is 6.00. The van der Waals surface area contributed by atoms with Crippen molar-refractivity contribution in [2.24, 2.45) is 11.8 Å². The maximum Gasteiger partial charge on any atom is 0.326 e. The van der Waals surface area contributed by atoms with Gasteiger partial charge in [-0.1, -0.05) is 0 Å². The number of aliphatic carboxylic acids is 3. The number of hydrogen-bond acceptors (Lipinski definition) is 4. The fraction of sp³-hybridized carbons (Fsp3) is 0.571. The van der Waals surface area contributed by atoms with Crippen LogP contribution in [0.25, 0.3) is 0 Å². The highest BCUT2D eigenvalue weighted by molar-refractivity contribution is 7.51. The summed E-state index contributed by atoms with van der Waals surface area (Å²) in [6.07, 6.45) is -2.24. The molecule has 0 rings (SSSR count). The van der Waals surface area contributed by atoms with E-state index in [1.807, 2.05) is 0 Å². The quantitative estimate of drug-likeness (QED) is 0.365. The van der Waals surface area contributed by atoms with Crippen molar-refractivity contribution in [1.82, 2.24) is 0 Å². The third-order valence-corrected chi connectivity index (χ3v) is 2.82. The SMILES string of the molecule is O=C(O)CC(C(=O)O)C(CP(=O)(O)O)C(=O)O. The molecule has 10 heteroatoms. The number of carboxylic acid groups (broad SMARTS) is 3. The first-order valence-electron chi connectivity index (χ1n) is 4.26. The lowest BCUT2D eigenvalue weighted by molar-refractivity contribution is -0.156. The maximum absolute atomic E-state index is 10.7. The first-order chi connectivity index (χ1) is 7.54. The Labute approximate surface area is 94.8 Å². The van der Waals surface area contributed by atoms with E-state index in [4.69, 9.17) is 25.1 Å². The van der Waals surface area contributed by atoms with E-state index < -0.39 is 49.9 Å². The monoisotopic (exact) mass is 270 g/mol. The maximum atomic E-state index is 10.7. The van der Waals surface area contributed by atoms with Crippen molar-refractivity contribution in [3.05, 3.63) is 0 Å². The Morgan fingerprint density at radius 1 is 0.941 bits per heavy atom. The highest BCUT2D eigenvalue weighted by atomic mass is 31.2. The van der Waals surface area contributed by atoms with Gasteiger partial charge in [0.15, 0.2) is 0 Å². The summed E-state index contributed by atoms with van der Waals surface area (Å²) >= 11 is 0. The summed E-state index contributed by atoms with van der Waals surface area (Å²) in [6.45, 7) is 0. The van der Waals surface area contributed by atoms with Crippen molar-refractivity contribution in [3.63, 3.8) is 0 Å². The first kappa shape index (κ1) is 15.6. The van der Waals surface area contributed by atoms with E-state index in [0.29, 0.717) is 0 Å². The lowest BCUT2D eigenvalue weighted by atomic mass is 9.91. The molecule has 0 aromatic rings. The molecule has 9 nitrogen and oxygen atoms in total. The van der Waals surface area contributed by atoms with Crippen LogP contribution < -0.4 is 0 Å².